The summed E-state index contributed by atoms with van der Waals surface area (Å²) in [5.74, 6) is 0.208. The maximum absolute atomic E-state index is 13.1. The standard InChI is InChI=1S/C21H29N3O2/c25-20(23-17-9-2-1-3-10-17)19-11-6-12-24(19)21(26)18-13-15-7-4-5-8-16(15)14-22-18/h4-5,7-8,17-19,22H,1-3,6,9-14H2,(H,23,25)/p+1/t18-,19-/m0/s1. The first kappa shape index (κ1) is 17.5. The number of hydrogen-bond acceptors (Lipinski definition) is 2. The van der Waals surface area contributed by atoms with Crippen LogP contribution >= 0.6 is 0 Å². The van der Waals surface area contributed by atoms with Crippen molar-refractivity contribution >= 4 is 11.8 Å². The minimum atomic E-state index is -0.269. The first-order chi connectivity index (χ1) is 12.7. The normalized spacial score (nSPS) is 26.4. The zero-order valence-electron chi connectivity index (χ0n) is 15.5. The van der Waals surface area contributed by atoms with E-state index in [0.717, 1.165) is 38.6 Å². The summed E-state index contributed by atoms with van der Waals surface area (Å²) in [7, 11) is 0. The molecule has 1 aliphatic carbocycles. The summed E-state index contributed by atoms with van der Waals surface area (Å²) in [6, 6.07) is 8.32. The molecule has 1 saturated carbocycles. The molecule has 140 valence electrons. The first-order valence-corrected chi connectivity index (χ1v) is 10.2. The molecule has 26 heavy (non-hydrogen) atoms. The largest absolute Gasteiger partial charge is 0.352 e. The highest BCUT2D eigenvalue weighted by Crippen LogP contribution is 2.22. The van der Waals surface area contributed by atoms with E-state index in [0.29, 0.717) is 12.6 Å². The lowest BCUT2D eigenvalue weighted by atomic mass is 9.94. The fourth-order valence-electron chi connectivity index (χ4n) is 4.79. The number of carbonyl (C=O) groups excluding carboxylic acids is 2. The smallest absolute Gasteiger partial charge is 0.281 e. The van der Waals surface area contributed by atoms with Gasteiger partial charge in [0.1, 0.15) is 12.6 Å². The number of hydrogen-bond donors (Lipinski definition) is 2. The van der Waals surface area contributed by atoms with E-state index < -0.39 is 0 Å². The zero-order chi connectivity index (χ0) is 17.9. The molecule has 2 atom stereocenters. The summed E-state index contributed by atoms with van der Waals surface area (Å²) in [6.07, 6.45) is 8.34. The number of nitrogens with zero attached hydrogens (tertiary/aromatic N) is 1. The second-order valence-corrected chi connectivity index (χ2v) is 8.05. The fourth-order valence-corrected chi connectivity index (χ4v) is 4.79. The Morgan fingerprint density at radius 2 is 1.77 bits per heavy atom. The van der Waals surface area contributed by atoms with Gasteiger partial charge in [0.05, 0.1) is 0 Å². The van der Waals surface area contributed by atoms with Gasteiger partial charge in [-0.3, -0.25) is 9.59 Å². The second kappa shape index (κ2) is 7.78. The van der Waals surface area contributed by atoms with Crippen molar-refractivity contribution in [3.63, 3.8) is 0 Å². The lowest BCUT2D eigenvalue weighted by Crippen LogP contribution is -2.93. The van der Waals surface area contributed by atoms with Gasteiger partial charge < -0.3 is 15.5 Å². The highest BCUT2D eigenvalue weighted by molar-refractivity contribution is 5.90. The van der Waals surface area contributed by atoms with Crippen LogP contribution in [0.1, 0.15) is 56.1 Å². The van der Waals surface area contributed by atoms with E-state index in [1.807, 2.05) is 11.0 Å². The van der Waals surface area contributed by atoms with Gasteiger partial charge >= 0.3 is 0 Å². The molecule has 3 aliphatic rings. The summed E-state index contributed by atoms with van der Waals surface area (Å²) < 4.78 is 0. The average Bonchev–Trinajstić information content (AvgIpc) is 3.18. The third-order valence-electron chi connectivity index (χ3n) is 6.29. The van der Waals surface area contributed by atoms with Crippen LogP contribution < -0.4 is 10.6 Å². The van der Waals surface area contributed by atoms with E-state index in [-0.39, 0.29) is 23.9 Å². The average molecular weight is 356 g/mol. The quantitative estimate of drug-likeness (QED) is 0.852. The van der Waals surface area contributed by atoms with Crippen molar-refractivity contribution < 1.29 is 14.9 Å². The first-order valence-electron chi connectivity index (χ1n) is 10.2. The van der Waals surface area contributed by atoms with E-state index in [1.165, 1.54) is 30.4 Å². The number of carbonyl (C=O) groups is 2. The lowest BCUT2D eigenvalue weighted by Gasteiger charge is -2.31. The van der Waals surface area contributed by atoms with Gasteiger partial charge in [-0.1, -0.05) is 43.5 Å². The van der Waals surface area contributed by atoms with E-state index in [4.69, 9.17) is 0 Å². The molecule has 0 aromatic heterocycles. The predicted molar refractivity (Wildman–Crippen MR) is 99.3 cm³/mol. The molecule has 5 heteroatoms. The van der Waals surface area contributed by atoms with Gasteiger partial charge in [0.2, 0.25) is 5.91 Å². The topological polar surface area (TPSA) is 66.0 Å². The molecule has 1 aromatic rings. The molecule has 2 amide bonds. The maximum Gasteiger partial charge on any atom is 0.281 e. The Morgan fingerprint density at radius 1 is 1.00 bits per heavy atom. The van der Waals surface area contributed by atoms with E-state index in [9.17, 15) is 9.59 Å². The van der Waals surface area contributed by atoms with Gasteiger partial charge in [0, 0.05) is 24.6 Å². The Labute approximate surface area is 155 Å². The molecule has 1 saturated heterocycles. The summed E-state index contributed by atoms with van der Waals surface area (Å²) in [5, 5.41) is 5.36. The number of rotatable bonds is 3. The summed E-state index contributed by atoms with van der Waals surface area (Å²) >= 11 is 0. The van der Waals surface area contributed by atoms with Crippen LogP contribution in [0.15, 0.2) is 24.3 Å². The molecule has 3 N–H and O–H groups in total. The van der Waals surface area contributed by atoms with E-state index in [2.05, 4.69) is 28.8 Å². The Bertz CT molecular complexity index is 669. The predicted octanol–water partition coefficient (Wildman–Crippen LogP) is 1.11. The number of likely N-dealkylation sites (tertiary alicyclic amines) is 1. The van der Waals surface area contributed by atoms with Gasteiger partial charge in [-0.25, -0.2) is 0 Å². The number of nitrogens with one attached hydrogen (secondary N) is 1. The van der Waals surface area contributed by atoms with Crippen LogP contribution in [0.25, 0.3) is 0 Å². The SMILES string of the molecule is O=C(NC1CCCCC1)[C@@H]1CCCN1C(=O)[C@@H]1Cc2ccccc2C[NH2+]1. The number of benzene rings is 1. The lowest BCUT2D eigenvalue weighted by molar-refractivity contribution is -0.695. The molecular formula is C21H30N3O2+. The molecule has 0 unspecified atom stereocenters. The molecule has 0 spiro atoms. The number of quaternary nitrogens is 1. The summed E-state index contributed by atoms with van der Waals surface area (Å²) in [4.78, 5) is 27.8. The Morgan fingerprint density at radius 3 is 2.58 bits per heavy atom. The van der Waals surface area contributed by atoms with Crippen LogP contribution in [0.4, 0.5) is 0 Å². The van der Waals surface area contributed by atoms with Gasteiger partial charge in [-0.2, -0.15) is 0 Å². The minimum Gasteiger partial charge on any atom is -0.352 e. The van der Waals surface area contributed by atoms with Gasteiger partial charge in [-0.05, 0) is 31.2 Å². The molecule has 2 aliphatic heterocycles. The van der Waals surface area contributed by atoms with Gasteiger partial charge in [0.25, 0.3) is 5.91 Å². The zero-order valence-corrected chi connectivity index (χ0v) is 15.5. The van der Waals surface area contributed by atoms with Crippen LogP contribution in [0.2, 0.25) is 0 Å². The molecule has 0 bridgehead atoms. The van der Waals surface area contributed by atoms with E-state index >= 15 is 0 Å². The van der Waals surface area contributed by atoms with Crippen molar-refractivity contribution in [2.45, 2.75) is 76.0 Å². The van der Waals surface area contributed by atoms with Crippen LogP contribution in [-0.4, -0.2) is 41.4 Å². The van der Waals surface area contributed by atoms with Crippen LogP contribution in [0.5, 0.6) is 0 Å². The highest BCUT2D eigenvalue weighted by Gasteiger charge is 2.40. The molecular weight excluding hydrogens is 326 g/mol. The molecule has 4 rings (SSSR count). The molecule has 2 heterocycles. The van der Waals surface area contributed by atoms with Crippen molar-refractivity contribution in [3.8, 4) is 0 Å². The Balaban J connectivity index is 1.39. The fraction of sp³-hybridized carbons (Fsp3) is 0.619. The number of fused-ring (bicyclic) bond motifs is 1. The van der Waals surface area contributed by atoms with Crippen molar-refractivity contribution in [1.82, 2.24) is 10.2 Å². The Hall–Kier alpha value is -1.88. The minimum absolute atomic E-state index is 0.0685. The van der Waals surface area contributed by atoms with Crippen LogP contribution in [0, 0.1) is 0 Å². The van der Waals surface area contributed by atoms with Crippen molar-refractivity contribution in [2.24, 2.45) is 0 Å². The Kier molecular flexibility index (Phi) is 5.25. The molecule has 1 aromatic carbocycles. The summed E-state index contributed by atoms with van der Waals surface area (Å²) in [5.41, 5.74) is 2.60. The van der Waals surface area contributed by atoms with Crippen molar-refractivity contribution in [1.29, 1.82) is 0 Å². The molecule has 0 radical (unpaired) electrons. The van der Waals surface area contributed by atoms with Crippen LogP contribution in [0.3, 0.4) is 0 Å². The maximum atomic E-state index is 13.1. The second-order valence-electron chi connectivity index (χ2n) is 8.05. The molecule has 5 nitrogen and oxygen atoms in total. The third kappa shape index (κ3) is 3.63. The van der Waals surface area contributed by atoms with E-state index in [1.54, 1.807) is 0 Å². The monoisotopic (exact) mass is 356 g/mol. The summed E-state index contributed by atoms with van der Waals surface area (Å²) in [6.45, 7) is 1.56. The van der Waals surface area contributed by atoms with Crippen molar-refractivity contribution in [3.05, 3.63) is 35.4 Å². The molecule has 2 fully saturated rings. The number of amides is 2. The highest BCUT2D eigenvalue weighted by atomic mass is 16.2. The van der Waals surface area contributed by atoms with Gasteiger partial charge in [-0.15, -0.1) is 0 Å². The third-order valence-corrected chi connectivity index (χ3v) is 6.29. The van der Waals surface area contributed by atoms with Crippen molar-refractivity contribution in [2.75, 3.05) is 6.54 Å². The number of nitrogens with two attached hydrogens (primary N) is 1. The van der Waals surface area contributed by atoms with Crippen LogP contribution in [-0.2, 0) is 22.6 Å². The van der Waals surface area contributed by atoms with Gasteiger partial charge in [0.15, 0.2) is 6.04 Å².